The highest BCUT2D eigenvalue weighted by Crippen LogP contribution is 2.34. The van der Waals surface area contributed by atoms with E-state index in [1.165, 1.54) is 109 Å². The smallest absolute Gasteiger partial charge is 0.338 e. The van der Waals surface area contributed by atoms with E-state index in [0.717, 1.165) is 21.5 Å². The number of nitrogens with one attached hydrogen (secondary N) is 1. The number of sulfonamides is 2. The number of carbonyl (C=O) groups is 3. The summed E-state index contributed by atoms with van der Waals surface area (Å²) in [6.07, 6.45) is 0. The maximum atomic E-state index is 14.6. The minimum absolute atomic E-state index is 0. The predicted molar refractivity (Wildman–Crippen MR) is 393 cm³/mol. The molecule has 0 spiro atoms. The van der Waals surface area contributed by atoms with Crippen molar-refractivity contribution in [3.05, 3.63) is 309 Å². The van der Waals surface area contributed by atoms with Gasteiger partial charge in [-0.05, 0) is 115 Å². The zero-order valence-electron chi connectivity index (χ0n) is 55.7. The van der Waals surface area contributed by atoms with Crippen LogP contribution < -0.4 is 24.2 Å². The number of rotatable bonds is 25. The number of anilines is 3. The molecule has 21 nitrogen and oxygen atoms in total. The van der Waals surface area contributed by atoms with Crippen LogP contribution in [0.25, 0.3) is 0 Å². The van der Waals surface area contributed by atoms with E-state index in [-0.39, 0.29) is 117 Å². The van der Waals surface area contributed by atoms with Gasteiger partial charge in [0.05, 0.1) is 88.9 Å². The lowest BCUT2D eigenvalue weighted by Gasteiger charge is -2.26. The molecule has 0 saturated carbocycles. The first-order valence-electron chi connectivity index (χ1n) is 31.2. The molecule has 0 aromatic heterocycles. The number of carboxylic acid groups (broad SMARTS) is 1. The monoisotopic (exact) mass is 1540 g/mol. The topological polar surface area (TPSA) is 333 Å². The average Bonchev–Trinajstić information content (AvgIpc) is 0.779. The number of aromatic carboxylic acids is 1. The van der Waals surface area contributed by atoms with Gasteiger partial charge >= 0.3 is 17.9 Å². The molecule has 0 aliphatic carbocycles. The molecule has 0 fully saturated rings. The quantitative estimate of drug-likeness (QED) is 0.0121. The van der Waals surface area contributed by atoms with Crippen molar-refractivity contribution in [2.75, 3.05) is 28.0 Å². The lowest BCUT2D eigenvalue weighted by Crippen LogP contribution is -2.31. The molecule has 10 aromatic carbocycles. The van der Waals surface area contributed by atoms with E-state index in [9.17, 15) is 63.0 Å². The normalized spacial score (nSPS) is 10.8. The molecule has 29 heteroatoms. The summed E-state index contributed by atoms with van der Waals surface area (Å²) >= 11 is 5.53. The number of carbonyl (C=O) groups excluding carboxylic acids is 2. The summed E-state index contributed by atoms with van der Waals surface area (Å²) in [5.41, 5.74) is 9.20. The Hall–Kier alpha value is -10.3. The third kappa shape index (κ3) is 25.8. The van der Waals surface area contributed by atoms with Gasteiger partial charge in [0.2, 0.25) is 5.82 Å². The van der Waals surface area contributed by atoms with Crippen LogP contribution in [0.1, 0.15) is 96.9 Å². The second-order valence-electron chi connectivity index (χ2n) is 21.7. The van der Waals surface area contributed by atoms with Crippen LogP contribution in [0.5, 0.6) is 11.5 Å². The van der Waals surface area contributed by atoms with Crippen molar-refractivity contribution >= 4 is 86.4 Å². The molecule has 556 valence electrons. The summed E-state index contributed by atoms with van der Waals surface area (Å²) < 4.78 is 141. The number of nitrogen functional groups attached to an aromatic ring is 1. The number of nitrogens with two attached hydrogens (primary N) is 1. The SMILES string of the molecule is C.CCOc1cc(NS(=O)(=O)c2cccc(C(=O)O)c2)cc(OCC)c1F.ClCc1ccccc1.Nc1cc(CO)c(F)c(CO)c1.O=C(OCc1ccccc1)c1cccc(S(=O)(=O)Cl)c1.O=C(OCc1ccccc1)c1cccc(S(=O)(=O)N(Cc2ccccc2)c2cc(CO)c(F)c(CO)c2)c1. The van der Waals surface area contributed by atoms with E-state index >= 15 is 0 Å². The minimum Gasteiger partial charge on any atom is -0.491 e. The second kappa shape index (κ2) is 41.8. The summed E-state index contributed by atoms with van der Waals surface area (Å²) in [5.74, 6) is -4.37. The van der Waals surface area contributed by atoms with E-state index in [4.69, 9.17) is 62.3 Å². The molecule has 0 unspecified atom stereocenters. The van der Waals surface area contributed by atoms with Gasteiger partial charge in [0, 0.05) is 56.6 Å². The second-order valence-corrected chi connectivity index (χ2v) is 28.1. The number of hydrogen-bond acceptors (Lipinski definition) is 18. The Bertz CT molecular complexity index is 4770. The maximum Gasteiger partial charge on any atom is 0.338 e. The third-order valence-electron chi connectivity index (χ3n) is 14.3. The number of nitrogens with zero attached hydrogens (tertiary/aromatic N) is 1. The molecule has 0 bridgehead atoms. The van der Waals surface area contributed by atoms with E-state index in [0.29, 0.717) is 17.1 Å². The number of alkyl halides is 1. The predicted octanol–water partition coefficient (Wildman–Crippen LogP) is 14.1. The van der Waals surface area contributed by atoms with Gasteiger partial charge in [0.1, 0.15) is 24.8 Å². The third-order valence-corrected chi connectivity index (χ3v) is 19.1. The van der Waals surface area contributed by atoms with Crippen LogP contribution in [0.15, 0.2) is 245 Å². The van der Waals surface area contributed by atoms with Crippen LogP contribution in [0, 0.1) is 17.5 Å². The Labute approximate surface area is 616 Å². The average molecular weight is 1540 g/mol. The van der Waals surface area contributed by atoms with Gasteiger partial charge in [-0.15, -0.1) is 11.6 Å². The van der Waals surface area contributed by atoms with Crippen LogP contribution >= 0.6 is 22.3 Å². The molecular formula is C76H76Cl2F3N3O18S3. The van der Waals surface area contributed by atoms with Gasteiger partial charge in [0.25, 0.3) is 29.1 Å². The maximum absolute atomic E-state index is 14.6. The molecule has 0 amide bonds. The number of aliphatic hydroxyl groups is 4. The summed E-state index contributed by atoms with van der Waals surface area (Å²) in [7, 11) is -7.02. The number of carboxylic acids is 1. The zero-order chi connectivity index (χ0) is 76.0. The first-order chi connectivity index (χ1) is 49.7. The Balaban J connectivity index is 0.000000257. The lowest BCUT2D eigenvalue weighted by atomic mass is 10.1. The first-order valence-corrected chi connectivity index (χ1v) is 37.0. The largest absolute Gasteiger partial charge is 0.491 e. The van der Waals surface area contributed by atoms with Gasteiger partial charge in [0.15, 0.2) is 11.5 Å². The van der Waals surface area contributed by atoms with Crippen LogP contribution in [0.4, 0.5) is 30.2 Å². The van der Waals surface area contributed by atoms with Crippen LogP contribution in [-0.2, 0) is 90.6 Å². The fourth-order valence-corrected chi connectivity index (χ4v) is 12.7. The molecule has 0 saturated heterocycles. The van der Waals surface area contributed by atoms with Crippen LogP contribution in [0.2, 0.25) is 0 Å². The van der Waals surface area contributed by atoms with Crippen molar-refractivity contribution in [1.82, 2.24) is 0 Å². The standard InChI is InChI=1S/C29H26FNO6S.C17H18FNO6S.C14H11ClO4S.C8H10FNO2.C7H7Cl.CH4/c30-28-24(18-32)14-26(15-25(28)19-33)31(17-21-8-3-1-4-9-21)38(35,36)27-13-7-12-23(16-27)29(34)37-20-22-10-5-2-6-11-22;1-3-24-14-9-12(10-15(16(14)18)25-4-2)19-26(22,23)13-7-5-6-11(8-13)17(20)21;15-20(17,18)13-8-4-7-12(9-13)14(16)19-10-11-5-2-1-3-6-11;9-8-5(3-11)1-7(10)2-6(8)4-12;8-6-7-4-2-1-3-5-7;/h1-16,32-33H,17-20H2;5-10,19H,3-4H2,1-2H3,(H,20,21);1-9H,10H2;1-2,11-12H,3-4,10H2;1-5H,6H2;1H4. The van der Waals surface area contributed by atoms with Crippen molar-refractivity contribution < 1.29 is 97.3 Å². The number of ether oxygens (including phenoxy) is 4. The molecule has 105 heavy (non-hydrogen) atoms. The minimum atomic E-state index is -4.30. The van der Waals surface area contributed by atoms with Gasteiger partial charge in [-0.3, -0.25) is 9.03 Å². The first kappa shape index (κ1) is 85.3. The molecule has 10 rings (SSSR count). The summed E-state index contributed by atoms with van der Waals surface area (Å²) in [5, 5.41) is 45.7. The molecule has 8 N–H and O–H groups in total. The molecule has 0 heterocycles. The molecule has 0 aliphatic rings. The van der Waals surface area contributed by atoms with E-state index in [1.54, 1.807) is 56.3 Å². The van der Waals surface area contributed by atoms with Gasteiger partial charge < -0.3 is 50.2 Å². The van der Waals surface area contributed by atoms with Crippen molar-refractivity contribution in [2.45, 2.75) is 88.0 Å². The molecular weight excluding hydrogens is 1470 g/mol. The van der Waals surface area contributed by atoms with Crippen molar-refractivity contribution in [3.63, 3.8) is 0 Å². The zero-order valence-corrected chi connectivity index (χ0v) is 59.7. The van der Waals surface area contributed by atoms with E-state index in [2.05, 4.69) is 4.72 Å². The highest BCUT2D eigenvalue weighted by molar-refractivity contribution is 8.13. The van der Waals surface area contributed by atoms with Crippen molar-refractivity contribution in [1.29, 1.82) is 0 Å². The molecule has 0 radical (unpaired) electrons. The Kier molecular flexibility index (Phi) is 34.0. The molecule has 10 aromatic rings. The highest BCUT2D eigenvalue weighted by atomic mass is 35.7. The number of hydrogen-bond donors (Lipinski definition) is 7. The summed E-state index contributed by atoms with van der Waals surface area (Å²) in [4.78, 5) is 35.0. The van der Waals surface area contributed by atoms with Crippen LogP contribution in [0.3, 0.4) is 0 Å². The summed E-state index contributed by atoms with van der Waals surface area (Å²) in [6, 6.07) is 60.3. The van der Waals surface area contributed by atoms with Crippen LogP contribution in [-0.4, -0.2) is 81.9 Å². The number of aliphatic hydroxyl groups excluding tert-OH is 4. The van der Waals surface area contributed by atoms with Gasteiger partial charge in [-0.1, -0.05) is 147 Å². The summed E-state index contributed by atoms with van der Waals surface area (Å²) in [6.45, 7) is 1.52. The number of halogens is 5. The highest BCUT2D eigenvalue weighted by Gasteiger charge is 2.29. The van der Waals surface area contributed by atoms with Crippen molar-refractivity contribution in [2.24, 2.45) is 0 Å². The van der Waals surface area contributed by atoms with Gasteiger partial charge in [-0.2, -0.15) is 4.39 Å². The molecule has 0 atom stereocenters. The number of benzene rings is 10. The lowest BCUT2D eigenvalue weighted by molar-refractivity contribution is 0.0463. The Morgan fingerprint density at radius 3 is 1.24 bits per heavy atom. The number of esters is 2. The van der Waals surface area contributed by atoms with Gasteiger partial charge in [-0.25, -0.2) is 48.4 Å². The van der Waals surface area contributed by atoms with E-state index < -0.39 is 90.9 Å². The Morgan fingerprint density at radius 2 is 0.848 bits per heavy atom. The molecule has 0 aliphatic heterocycles. The fraction of sp³-hybridized carbons (Fsp3) is 0.171. The van der Waals surface area contributed by atoms with Crippen molar-refractivity contribution in [3.8, 4) is 11.5 Å². The fourth-order valence-electron chi connectivity index (χ4n) is 9.21. The Morgan fingerprint density at radius 1 is 0.476 bits per heavy atom. The van der Waals surface area contributed by atoms with E-state index in [1.807, 2.05) is 78.9 Å².